The molecule has 1 aromatic rings. The number of ether oxygens (including phenoxy) is 3. The zero-order chi connectivity index (χ0) is 16.2. The first-order valence-corrected chi connectivity index (χ1v) is 7.27. The van der Waals surface area contributed by atoms with Crippen LogP contribution in [0.3, 0.4) is 0 Å². The van der Waals surface area contributed by atoms with E-state index in [0.717, 1.165) is 0 Å². The summed E-state index contributed by atoms with van der Waals surface area (Å²) in [6.07, 6.45) is 5.40. The zero-order valence-electron chi connectivity index (χ0n) is 13.2. The number of benzene rings is 1. The minimum absolute atomic E-state index is 0.0307. The number of terminal acetylenes is 1. The summed E-state index contributed by atoms with van der Waals surface area (Å²) >= 11 is 0. The van der Waals surface area contributed by atoms with Gasteiger partial charge in [-0.1, -0.05) is 18.1 Å². The molecule has 1 rings (SSSR count). The van der Waals surface area contributed by atoms with Crippen molar-refractivity contribution in [3.8, 4) is 23.8 Å². The largest absolute Gasteiger partial charge is 0.493 e. The third kappa shape index (κ3) is 6.06. The summed E-state index contributed by atoms with van der Waals surface area (Å²) < 4.78 is 16.0. The summed E-state index contributed by atoms with van der Waals surface area (Å²) in [6.45, 7) is 4.06. The molecule has 0 fully saturated rings. The Labute approximate surface area is 132 Å². The molecule has 5 nitrogen and oxygen atoms in total. The molecule has 0 heterocycles. The van der Waals surface area contributed by atoms with E-state index in [2.05, 4.69) is 5.92 Å². The van der Waals surface area contributed by atoms with Gasteiger partial charge < -0.3 is 19.1 Å². The summed E-state index contributed by atoms with van der Waals surface area (Å²) in [7, 11) is 1.60. The summed E-state index contributed by atoms with van der Waals surface area (Å²) in [5.74, 6) is 3.75. The second-order valence-corrected chi connectivity index (χ2v) is 4.48. The molecule has 1 amide bonds. The van der Waals surface area contributed by atoms with Crippen molar-refractivity contribution in [2.24, 2.45) is 0 Å². The first kappa shape index (κ1) is 17.9. The Bertz CT molecular complexity index is 496. The fourth-order valence-electron chi connectivity index (χ4n) is 1.91. The Morgan fingerprint density at radius 1 is 1.27 bits per heavy atom. The Hall–Kier alpha value is -2.19. The average molecular weight is 305 g/mol. The molecule has 0 aliphatic heterocycles. The Morgan fingerprint density at radius 3 is 2.64 bits per heavy atom. The van der Waals surface area contributed by atoms with Gasteiger partial charge in [-0.3, -0.25) is 4.79 Å². The van der Waals surface area contributed by atoms with E-state index in [-0.39, 0.29) is 12.5 Å². The number of hydrogen-bond acceptors (Lipinski definition) is 4. The van der Waals surface area contributed by atoms with Crippen LogP contribution >= 0.6 is 0 Å². The minimum Gasteiger partial charge on any atom is -0.493 e. The number of methoxy groups -OCH3 is 1. The van der Waals surface area contributed by atoms with Gasteiger partial charge in [0.15, 0.2) is 11.5 Å². The van der Waals surface area contributed by atoms with E-state index >= 15 is 0 Å². The van der Waals surface area contributed by atoms with Gasteiger partial charge in [-0.25, -0.2) is 0 Å². The molecule has 0 aromatic heterocycles. The Morgan fingerprint density at radius 2 is 2.00 bits per heavy atom. The quantitative estimate of drug-likeness (QED) is 0.490. The molecule has 1 aromatic carbocycles. The molecule has 0 N–H and O–H groups in total. The van der Waals surface area contributed by atoms with Crippen molar-refractivity contribution in [3.05, 3.63) is 24.3 Å². The van der Waals surface area contributed by atoms with Gasteiger partial charge in [0.25, 0.3) is 0 Å². The second kappa shape index (κ2) is 10.5. The van der Waals surface area contributed by atoms with Crippen LogP contribution in [-0.4, -0.2) is 50.8 Å². The molecule has 0 saturated heterocycles. The van der Waals surface area contributed by atoms with Gasteiger partial charge in [-0.2, -0.15) is 0 Å². The van der Waals surface area contributed by atoms with Crippen molar-refractivity contribution in [2.45, 2.75) is 13.3 Å². The number of amides is 1. The topological polar surface area (TPSA) is 48.0 Å². The summed E-state index contributed by atoms with van der Waals surface area (Å²) in [4.78, 5) is 13.7. The van der Waals surface area contributed by atoms with Crippen molar-refractivity contribution >= 4 is 5.91 Å². The third-order valence-corrected chi connectivity index (χ3v) is 3.07. The first-order chi connectivity index (χ1) is 10.7. The normalized spacial score (nSPS) is 9.86. The molecule has 0 unspecified atom stereocenters. The molecule has 0 bridgehead atoms. The smallest absolute Gasteiger partial charge is 0.224 e. The van der Waals surface area contributed by atoms with Crippen molar-refractivity contribution in [3.63, 3.8) is 0 Å². The van der Waals surface area contributed by atoms with Crippen molar-refractivity contribution in [1.82, 2.24) is 4.90 Å². The van der Waals surface area contributed by atoms with E-state index in [4.69, 9.17) is 20.6 Å². The maximum absolute atomic E-state index is 12.0. The summed E-state index contributed by atoms with van der Waals surface area (Å²) in [6, 6.07) is 7.43. The van der Waals surface area contributed by atoms with E-state index in [1.54, 1.807) is 12.0 Å². The maximum atomic E-state index is 12.0. The van der Waals surface area contributed by atoms with Crippen LogP contribution in [0.25, 0.3) is 0 Å². The van der Waals surface area contributed by atoms with Crippen LogP contribution in [-0.2, 0) is 9.53 Å². The zero-order valence-corrected chi connectivity index (χ0v) is 13.2. The molecule has 0 radical (unpaired) electrons. The predicted molar refractivity (Wildman–Crippen MR) is 85.0 cm³/mol. The highest BCUT2D eigenvalue weighted by atomic mass is 16.5. The molecule has 0 aliphatic carbocycles. The van der Waals surface area contributed by atoms with E-state index < -0.39 is 0 Å². The standard InChI is InChI=1S/C17H23NO4/c1-4-12-21-13-10-17(19)18(5-2)11-14-22-16-9-7-6-8-15(16)20-3/h1,6-9H,5,10-14H2,2-3H3. The van der Waals surface area contributed by atoms with Crippen molar-refractivity contribution < 1.29 is 19.0 Å². The van der Waals surface area contributed by atoms with Crippen LogP contribution in [0, 0.1) is 12.3 Å². The van der Waals surface area contributed by atoms with Gasteiger partial charge in [-0.15, -0.1) is 6.42 Å². The number of rotatable bonds is 10. The molecular formula is C17H23NO4. The lowest BCUT2D eigenvalue weighted by molar-refractivity contribution is -0.132. The number of likely N-dealkylation sites (N-methyl/N-ethyl adjacent to an activating group) is 1. The Kier molecular flexibility index (Phi) is 8.54. The second-order valence-electron chi connectivity index (χ2n) is 4.48. The number of hydrogen-bond donors (Lipinski definition) is 0. The van der Waals surface area contributed by atoms with Gasteiger partial charge in [-0.05, 0) is 19.1 Å². The number of nitrogens with zero attached hydrogens (tertiary/aromatic N) is 1. The van der Waals surface area contributed by atoms with Gasteiger partial charge >= 0.3 is 0 Å². The predicted octanol–water partition coefficient (Wildman–Crippen LogP) is 1.96. The van der Waals surface area contributed by atoms with Crippen molar-refractivity contribution in [1.29, 1.82) is 0 Å². The van der Waals surface area contributed by atoms with Gasteiger partial charge in [0.2, 0.25) is 5.91 Å². The van der Waals surface area contributed by atoms with Crippen LogP contribution in [0.1, 0.15) is 13.3 Å². The van der Waals surface area contributed by atoms with Gasteiger partial charge in [0, 0.05) is 6.54 Å². The lowest BCUT2D eigenvalue weighted by Crippen LogP contribution is -2.35. The SMILES string of the molecule is C#CCOCCC(=O)N(CC)CCOc1ccccc1OC. The molecular weight excluding hydrogens is 282 g/mol. The summed E-state index contributed by atoms with van der Waals surface area (Å²) in [5, 5.41) is 0. The lowest BCUT2D eigenvalue weighted by atomic mass is 10.3. The third-order valence-electron chi connectivity index (χ3n) is 3.07. The lowest BCUT2D eigenvalue weighted by Gasteiger charge is -2.21. The molecule has 0 atom stereocenters. The maximum Gasteiger partial charge on any atom is 0.224 e. The van der Waals surface area contributed by atoms with E-state index in [1.165, 1.54) is 0 Å². The van der Waals surface area contributed by atoms with Crippen molar-refractivity contribution in [2.75, 3.05) is 40.0 Å². The first-order valence-electron chi connectivity index (χ1n) is 7.27. The number of carbonyl (C=O) groups is 1. The van der Waals surface area contributed by atoms with Crippen LogP contribution in [0.15, 0.2) is 24.3 Å². The molecule has 22 heavy (non-hydrogen) atoms. The molecule has 0 saturated carbocycles. The van der Waals surface area contributed by atoms with Gasteiger partial charge in [0.05, 0.1) is 26.7 Å². The highest BCUT2D eigenvalue weighted by Gasteiger charge is 2.12. The highest BCUT2D eigenvalue weighted by Crippen LogP contribution is 2.25. The molecule has 0 spiro atoms. The van der Waals surface area contributed by atoms with Gasteiger partial charge in [0.1, 0.15) is 13.2 Å². The fraction of sp³-hybridized carbons (Fsp3) is 0.471. The number of para-hydroxylation sites is 2. The van der Waals surface area contributed by atoms with Crippen LogP contribution in [0.5, 0.6) is 11.5 Å². The number of carbonyl (C=O) groups excluding carboxylic acids is 1. The van der Waals surface area contributed by atoms with E-state index in [0.29, 0.717) is 44.2 Å². The minimum atomic E-state index is 0.0307. The molecule has 5 heteroatoms. The van der Waals surface area contributed by atoms with E-state index in [1.807, 2.05) is 31.2 Å². The average Bonchev–Trinajstić information content (AvgIpc) is 2.55. The van der Waals surface area contributed by atoms with Crippen LogP contribution in [0.2, 0.25) is 0 Å². The highest BCUT2D eigenvalue weighted by molar-refractivity contribution is 5.76. The summed E-state index contributed by atoms with van der Waals surface area (Å²) in [5.41, 5.74) is 0. The Balaban J connectivity index is 2.37. The molecule has 0 aliphatic rings. The monoisotopic (exact) mass is 305 g/mol. The molecule has 120 valence electrons. The van der Waals surface area contributed by atoms with E-state index in [9.17, 15) is 4.79 Å². The van der Waals surface area contributed by atoms with Crippen LogP contribution < -0.4 is 9.47 Å². The fourth-order valence-corrected chi connectivity index (χ4v) is 1.91. The van der Waals surface area contributed by atoms with Crippen LogP contribution in [0.4, 0.5) is 0 Å².